The first-order valence-corrected chi connectivity index (χ1v) is 8.65. The van der Waals surface area contributed by atoms with Crippen molar-refractivity contribution in [2.75, 3.05) is 46.3 Å². The Morgan fingerprint density at radius 2 is 1.81 bits per heavy atom. The zero-order valence-electron chi connectivity index (χ0n) is 14.3. The number of piperazine rings is 1. The second-order valence-corrected chi connectivity index (χ2v) is 7.36. The first-order valence-electron chi connectivity index (χ1n) is 8.65. The average molecular weight is 295 g/mol. The molecule has 1 atom stereocenters. The van der Waals surface area contributed by atoms with Crippen LogP contribution in [0.1, 0.15) is 40.0 Å². The number of carbonyl (C=O) groups is 1. The van der Waals surface area contributed by atoms with Gasteiger partial charge in [0.05, 0.1) is 6.04 Å². The number of rotatable bonds is 5. The summed E-state index contributed by atoms with van der Waals surface area (Å²) >= 11 is 0. The maximum atomic E-state index is 11.4. The van der Waals surface area contributed by atoms with Crippen LogP contribution in [0.5, 0.6) is 0 Å². The third-order valence-electron chi connectivity index (χ3n) is 5.45. The van der Waals surface area contributed by atoms with Gasteiger partial charge in [-0.2, -0.15) is 0 Å². The van der Waals surface area contributed by atoms with Gasteiger partial charge in [-0.3, -0.25) is 9.80 Å². The van der Waals surface area contributed by atoms with Crippen molar-refractivity contribution < 1.29 is 4.79 Å². The van der Waals surface area contributed by atoms with Gasteiger partial charge in [0.2, 0.25) is 0 Å². The summed E-state index contributed by atoms with van der Waals surface area (Å²) in [7, 11) is 2.25. The summed E-state index contributed by atoms with van der Waals surface area (Å²) in [6.45, 7) is 13.5. The van der Waals surface area contributed by atoms with Crippen LogP contribution in [0.25, 0.3) is 0 Å². The van der Waals surface area contributed by atoms with Gasteiger partial charge in [0.25, 0.3) is 0 Å². The molecule has 0 aromatic heterocycles. The molecule has 0 aromatic rings. The molecule has 0 aromatic carbocycles. The van der Waals surface area contributed by atoms with Gasteiger partial charge in [-0.1, -0.05) is 20.8 Å². The van der Waals surface area contributed by atoms with Crippen molar-refractivity contribution in [2.45, 2.75) is 51.6 Å². The maximum absolute atomic E-state index is 11.4. The minimum absolute atomic E-state index is 0.100. The second-order valence-electron chi connectivity index (χ2n) is 7.36. The highest BCUT2D eigenvalue weighted by Gasteiger charge is 2.43. The van der Waals surface area contributed by atoms with E-state index in [0.29, 0.717) is 11.5 Å². The van der Waals surface area contributed by atoms with Gasteiger partial charge in [-0.25, -0.2) is 0 Å². The molecule has 4 heteroatoms. The predicted molar refractivity (Wildman–Crippen MR) is 87.6 cm³/mol. The molecule has 2 saturated heterocycles. The lowest BCUT2D eigenvalue weighted by Crippen LogP contribution is -2.65. The van der Waals surface area contributed by atoms with Gasteiger partial charge in [0, 0.05) is 38.3 Å². The van der Waals surface area contributed by atoms with Crippen molar-refractivity contribution in [2.24, 2.45) is 5.92 Å². The summed E-state index contributed by atoms with van der Waals surface area (Å²) in [5.41, 5.74) is 0.351. The standard InChI is InChI=1S/C17H33N3O/c1-5-8-20-12-11-18(4)14-17(20)6-9-19(10-7-17)16(13-21)15(2)3/h13,15-16H,5-12,14H2,1-4H3. The van der Waals surface area contributed by atoms with Crippen LogP contribution in [0.2, 0.25) is 0 Å². The minimum Gasteiger partial charge on any atom is -0.303 e. The average Bonchev–Trinajstić information content (AvgIpc) is 2.45. The van der Waals surface area contributed by atoms with Crippen molar-refractivity contribution in [3.05, 3.63) is 0 Å². The fourth-order valence-electron chi connectivity index (χ4n) is 4.21. The van der Waals surface area contributed by atoms with E-state index in [1.165, 1.54) is 45.4 Å². The Morgan fingerprint density at radius 1 is 1.14 bits per heavy atom. The SMILES string of the molecule is CCCN1CCN(C)CC12CCN(C(C=O)C(C)C)CC2. The van der Waals surface area contributed by atoms with E-state index in [4.69, 9.17) is 0 Å². The van der Waals surface area contributed by atoms with E-state index >= 15 is 0 Å². The van der Waals surface area contributed by atoms with E-state index < -0.39 is 0 Å². The summed E-state index contributed by atoms with van der Waals surface area (Å²) in [5.74, 6) is 0.414. The van der Waals surface area contributed by atoms with E-state index in [1.54, 1.807) is 0 Å². The van der Waals surface area contributed by atoms with Crippen LogP contribution in [0, 0.1) is 5.92 Å². The molecular weight excluding hydrogens is 262 g/mol. The number of hydrogen-bond acceptors (Lipinski definition) is 4. The molecule has 0 radical (unpaired) electrons. The Kier molecular flexibility index (Phi) is 5.81. The highest BCUT2D eigenvalue weighted by Crippen LogP contribution is 2.33. The van der Waals surface area contributed by atoms with E-state index in [2.05, 4.69) is 42.5 Å². The number of likely N-dealkylation sites (tertiary alicyclic amines) is 1. The highest BCUT2D eigenvalue weighted by atomic mass is 16.1. The van der Waals surface area contributed by atoms with Gasteiger partial charge in [-0.15, -0.1) is 0 Å². The third-order valence-corrected chi connectivity index (χ3v) is 5.45. The Hall–Kier alpha value is -0.450. The summed E-state index contributed by atoms with van der Waals surface area (Å²) < 4.78 is 0. The zero-order chi connectivity index (χ0) is 15.5. The molecule has 0 aliphatic carbocycles. The fourth-order valence-corrected chi connectivity index (χ4v) is 4.21. The van der Waals surface area contributed by atoms with Crippen LogP contribution >= 0.6 is 0 Å². The Bertz CT molecular complexity index is 337. The first kappa shape index (κ1) is 16.9. The monoisotopic (exact) mass is 295 g/mol. The quantitative estimate of drug-likeness (QED) is 0.721. The van der Waals surface area contributed by atoms with Crippen molar-refractivity contribution in [1.82, 2.24) is 14.7 Å². The molecule has 2 rings (SSSR count). The van der Waals surface area contributed by atoms with E-state index in [0.717, 1.165) is 19.4 Å². The van der Waals surface area contributed by atoms with E-state index in [9.17, 15) is 4.79 Å². The summed E-state index contributed by atoms with van der Waals surface area (Å²) in [4.78, 5) is 19.0. The zero-order valence-corrected chi connectivity index (χ0v) is 14.3. The molecule has 2 fully saturated rings. The first-order chi connectivity index (χ1) is 10.0. The third kappa shape index (κ3) is 3.66. The van der Waals surface area contributed by atoms with Crippen LogP contribution in [0.15, 0.2) is 0 Å². The second kappa shape index (κ2) is 7.21. The normalized spacial score (nSPS) is 26.3. The molecule has 0 bridgehead atoms. The molecule has 21 heavy (non-hydrogen) atoms. The summed E-state index contributed by atoms with van der Waals surface area (Å²) in [6, 6.07) is 0.100. The Balaban J connectivity index is 2.03. The number of hydrogen-bond donors (Lipinski definition) is 0. The molecule has 2 aliphatic heterocycles. The number of aldehydes is 1. The lowest BCUT2D eigenvalue weighted by molar-refractivity contribution is -0.116. The molecule has 0 N–H and O–H groups in total. The molecule has 4 nitrogen and oxygen atoms in total. The lowest BCUT2D eigenvalue weighted by atomic mass is 9.82. The molecular formula is C17H33N3O. The van der Waals surface area contributed by atoms with Gasteiger partial charge >= 0.3 is 0 Å². The Morgan fingerprint density at radius 3 is 2.33 bits per heavy atom. The van der Waals surface area contributed by atoms with Crippen molar-refractivity contribution in [3.8, 4) is 0 Å². The van der Waals surface area contributed by atoms with Crippen LogP contribution in [0.4, 0.5) is 0 Å². The molecule has 0 saturated carbocycles. The van der Waals surface area contributed by atoms with Gasteiger partial charge in [0.15, 0.2) is 0 Å². The summed E-state index contributed by atoms with van der Waals surface area (Å²) in [5, 5.41) is 0. The van der Waals surface area contributed by atoms with Crippen LogP contribution < -0.4 is 0 Å². The van der Waals surface area contributed by atoms with E-state index in [-0.39, 0.29) is 6.04 Å². The van der Waals surface area contributed by atoms with Gasteiger partial charge in [0.1, 0.15) is 6.29 Å². The topological polar surface area (TPSA) is 26.8 Å². The number of likely N-dealkylation sites (N-methyl/N-ethyl adjacent to an activating group) is 1. The molecule has 0 amide bonds. The number of piperidine rings is 1. The largest absolute Gasteiger partial charge is 0.303 e. The summed E-state index contributed by atoms with van der Waals surface area (Å²) in [6.07, 6.45) is 4.79. The predicted octanol–water partition coefficient (Wildman–Crippen LogP) is 1.70. The van der Waals surface area contributed by atoms with Crippen molar-refractivity contribution in [3.63, 3.8) is 0 Å². The van der Waals surface area contributed by atoms with Crippen LogP contribution in [0.3, 0.4) is 0 Å². The maximum Gasteiger partial charge on any atom is 0.137 e. The van der Waals surface area contributed by atoms with E-state index in [1.807, 2.05) is 0 Å². The molecule has 1 unspecified atom stereocenters. The Labute approximate surface area is 130 Å². The smallest absolute Gasteiger partial charge is 0.137 e. The number of carbonyl (C=O) groups excluding carboxylic acids is 1. The molecule has 2 aliphatic rings. The van der Waals surface area contributed by atoms with Gasteiger partial charge < -0.3 is 9.69 Å². The van der Waals surface area contributed by atoms with Crippen LogP contribution in [-0.2, 0) is 4.79 Å². The number of nitrogens with zero attached hydrogens (tertiary/aromatic N) is 3. The van der Waals surface area contributed by atoms with Crippen molar-refractivity contribution in [1.29, 1.82) is 0 Å². The highest BCUT2D eigenvalue weighted by molar-refractivity contribution is 5.58. The molecule has 122 valence electrons. The molecule has 2 heterocycles. The molecule has 1 spiro atoms. The minimum atomic E-state index is 0.100. The lowest BCUT2D eigenvalue weighted by Gasteiger charge is -2.54. The van der Waals surface area contributed by atoms with Crippen LogP contribution in [-0.4, -0.2) is 78.9 Å². The fraction of sp³-hybridized carbons (Fsp3) is 0.941. The van der Waals surface area contributed by atoms with Crippen molar-refractivity contribution >= 4 is 6.29 Å². The van der Waals surface area contributed by atoms with Gasteiger partial charge in [-0.05, 0) is 38.8 Å².